The molecule has 3 rings (SSSR count). The van der Waals surface area contributed by atoms with Crippen molar-refractivity contribution in [3.05, 3.63) is 35.0 Å². The Morgan fingerprint density at radius 2 is 2.08 bits per heavy atom. The predicted octanol–water partition coefficient (Wildman–Crippen LogP) is 1.93. The predicted molar refractivity (Wildman–Crippen MR) is 94.4 cm³/mol. The summed E-state index contributed by atoms with van der Waals surface area (Å²) in [5, 5.41) is 6.19. The van der Waals surface area contributed by atoms with Crippen LogP contribution in [-0.4, -0.2) is 43.1 Å². The number of primary sulfonamides is 1. The van der Waals surface area contributed by atoms with Gasteiger partial charge in [-0.2, -0.15) is 0 Å². The first-order valence-corrected chi connectivity index (χ1v) is 9.84. The van der Waals surface area contributed by atoms with E-state index in [1.807, 2.05) is 26.0 Å². The first-order valence-electron chi connectivity index (χ1n) is 8.12. The molecule has 2 aromatic rings. The molecule has 1 saturated heterocycles. The number of aromatic amines is 1. The SMILES string of the molecule is Cc1cc(C)c2cc(C(=O)N3CCC[C@@H](CS(N)(=O)=O)C3)[nH]c2c1. The van der Waals surface area contributed by atoms with Crippen LogP contribution in [0.25, 0.3) is 10.9 Å². The van der Waals surface area contributed by atoms with Gasteiger partial charge in [-0.15, -0.1) is 0 Å². The number of nitrogens with two attached hydrogens (primary N) is 1. The molecule has 1 fully saturated rings. The van der Waals surface area contributed by atoms with Crippen LogP contribution in [0.3, 0.4) is 0 Å². The normalized spacial score (nSPS) is 19.0. The van der Waals surface area contributed by atoms with E-state index in [0.29, 0.717) is 18.8 Å². The smallest absolute Gasteiger partial charge is 0.270 e. The van der Waals surface area contributed by atoms with Gasteiger partial charge in [0.1, 0.15) is 5.69 Å². The molecule has 0 aliphatic carbocycles. The van der Waals surface area contributed by atoms with Gasteiger partial charge in [0.2, 0.25) is 10.0 Å². The molecule has 1 aliphatic rings. The van der Waals surface area contributed by atoms with E-state index in [-0.39, 0.29) is 17.6 Å². The van der Waals surface area contributed by atoms with Crippen LogP contribution >= 0.6 is 0 Å². The number of amides is 1. The van der Waals surface area contributed by atoms with E-state index >= 15 is 0 Å². The van der Waals surface area contributed by atoms with E-state index in [0.717, 1.165) is 34.9 Å². The van der Waals surface area contributed by atoms with E-state index in [1.165, 1.54) is 0 Å². The van der Waals surface area contributed by atoms with Crippen LogP contribution in [0.4, 0.5) is 0 Å². The molecule has 0 saturated carbocycles. The summed E-state index contributed by atoms with van der Waals surface area (Å²) in [6.45, 7) is 5.13. The Kier molecular flexibility index (Phi) is 4.40. The van der Waals surface area contributed by atoms with Crippen LogP contribution in [0, 0.1) is 19.8 Å². The third-order valence-electron chi connectivity index (χ3n) is 4.59. The minimum Gasteiger partial charge on any atom is -0.351 e. The van der Waals surface area contributed by atoms with Crippen LogP contribution in [0.5, 0.6) is 0 Å². The number of hydrogen-bond acceptors (Lipinski definition) is 3. The molecular formula is C17H23N3O3S. The van der Waals surface area contributed by atoms with Crippen molar-refractivity contribution in [1.29, 1.82) is 0 Å². The maximum absolute atomic E-state index is 12.8. The Hall–Kier alpha value is -1.86. The molecule has 1 aliphatic heterocycles. The summed E-state index contributed by atoms with van der Waals surface area (Å²) in [5.41, 5.74) is 3.78. The number of fused-ring (bicyclic) bond motifs is 1. The lowest BCUT2D eigenvalue weighted by molar-refractivity contribution is 0.0679. The fourth-order valence-corrected chi connectivity index (χ4v) is 4.53. The highest BCUT2D eigenvalue weighted by Crippen LogP contribution is 2.24. The van der Waals surface area contributed by atoms with Crippen molar-refractivity contribution in [1.82, 2.24) is 9.88 Å². The minimum absolute atomic E-state index is 0.0677. The van der Waals surface area contributed by atoms with Gasteiger partial charge in [0.25, 0.3) is 5.91 Å². The summed E-state index contributed by atoms with van der Waals surface area (Å²) in [6.07, 6.45) is 1.58. The number of nitrogens with one attached hydrogen (secondary N) is 1. The molecule has 0 spiro atoms. The summed E-state index contributed by atoms with van der Waals surface area (Å²) < 4.78 is 22.6. The maximum atomic E-state index is 12.8. The lowest BCUT2D eigenvalue weighted by Crippen LogP contribution is -2.42. The van der Waals surface area contributed by atoms with Crippen LogP contribution in [0.1, 0.15) is 34.5 Å². The highest BCUT2D eigenvalue weighted by Gasteiger charge is 2.27. The second-order valence-electron chi connectivity index (χ2n) is 6.82. The van der Waals surface area contributed by atoms with Gasteiger partial charge in [-0.25, -0.2) is 13.6 Å². The number of piperidine rings is 1. The van der Waals surface area contributed by atoms with Crippen molar-refractivity contribution >= 4 is 26.8 Å². The number of carbonyl (C=O) groups is 1. The Labute approximate surface area is 142 Å². The Bertz CT molecular complexity index is 886. The van der Waals surface area contributed by atoms with E-state index in [4.69, 9.17) is 5.14 Å². The standard InChI is InChI=1S/C17H23N3O3S/c1-11-6-12(2)14-8-16(19-15(14)7-11)17(21)20-5-3-4-13(9-20)10-24(18,22)23/h6-8,13,19H,3-5,9-10H2,1-2H3,(H2,18,22,23)/t13-/m1/s1. The van der Waals surface area contributed by atoms with Crippen LogP contribution < -0.4 is 5.14 Å². The molecule has 0 bridgehead atoms. The zero-order valence-electron chi connectivity index (χ0n) is 14.0. The summed E-state index contributed by atoms with van der Waals surface area (Å²) in [4.78, 5) is 17.7. The monoisotopic (exact) mass is 349 g/mol. The molecule has 1 aromatic carbocycles. The van der Waals surface area contributed by atoms with Gasteiger partial charge in [0, 0.05) is 24.0 Å². The number of carbonyl (C=O) groups excluding carboxylic acids is 1. The summed E-state index contributed by atoms with van der Waals surface area (Å²) in [6, 6.07) is 6.00. The highest BCUT2D eigenvalue weighted by molar-refractivity contribution is 7.89. The van der Waals surface area contributed by atoms with Crippen molar-refractivity contribution in [2.75, 3.05) is 18.8 Å². The van der Waals surface area contributed by atoms with Crippen molar-refractivity contribution in [3.63, 3.8) is 0 Å². The molecule has 3 N–H and O–H groups in total. The van der Waals surface area contributed by atoms with Crippen LogP contribution in [0.2, 0.25) is 0 Å². The summed E-state index contributed by atoms with van der Waals surface area (Å²) in [7, 11) is -3.51. The molecule has 24 heavy (non-hydrogen) atoms. The Balaban J connectivity index is 1.82. The topological polar surface area (TPSA) is 96.3 Å². The van der Waals surface area contributed by atoms with E-state index < -0.39 is 10.0 Å². The quantitative estimate of drug-likeness (QED) is 0.886. The Morgan fingerprint density at radius 1 is 1.33 bits per heavy atom. The number of benzene rings is 1. The van der Waals surface area contributed by atoms with Gasteiger partial charge in [0.05, 0.1) is 5.75 Å². The van der Waals surface area contributed by atoms with E-state index in [1.54, 1.807) is 4.90 Å². The van der Waals surface area contributed by atoms with Crippen molar-refractivity contribution in [2.45, 2.75) is 26.7 Å². The van der Waals surface area contributed by atoms with Gasteiger partial charge >= 0.3 is 0 Å². The van der Waals surface area contributed by atoms with Gasteiger partial charge in [-0.05, 0) is 55.9 Å². The molecular weight excluding hydrogens is 326 g/mol. The largest absolute Gasteiger partial charge is 0.351 e. The molecule has 6 nitrogen and oxygen atoms in total. The number of rotatable bonds is 3. The van der Waals surface area contributed by atoms with Crippen molar-refractivity contribution in [2.24, 2.45) is 11.1 Å². The van der Waals surface area contributed by atoms with E-state index in [9.17, 15) is 13.2 Å². The summed E-state index contributed by atoms with van der Waals surface area (Å²) in [5.74, 6) is -0.240. The first kappa shape index (κ1) is 17.0. The van der Waals surface area contributed by atoms with Gasteiger partial charge in [0.15, 0.2) is 0 Å². The molecule has 130 valence electrons. The lowest BCUT2D eigenvalue weighted by atomic mass is 10.00. The molecule has 7 heteroatoms. The molecule has 1 atom stereocenters. The van der Waals surface area contributed by atoms with Crippen molar-refractivity contribution < 1.29 is 13.2 Å². The van der Waals surface area contributed by atoms with E-state index in [2.05, 4.69) is 11.1 Å². The average molecular weight is 349 g/mol. The molecule has 2 heterocycles. The molecule has 1 amide bonds. The van der Waals surface area contributed by atoms with Crippen LogP contribution in [0.15, 0.2) is 18.2 Å². The van der Waals surface area contributed by atoms with Gasteiger partial charge in [-0.1, -0.05) is 6.07 Å². The number of nitrogens with zero attached hydrogens (tertiary/aromatic N) is 1. The Morgan fingerprint density at radius 3 is 2.79 bits per heavy atom. The number of sulfonamides is 1. The highest BCUT2D eigenvalue weighted by atomic mass is 32.2. The number of aryl methyl sites for hydroxylation is 2. The first-order chi connectivity index (χ1) is 11.2. The number of hydrogen-bond donors (Lipinski definition) is 2. The molecule has 1 aromatic heterocycles. The number of likely N-dealkylation sites (tertiary alicyclic amines) is 1. The van der Waals surface area contributed by atoms with Gasteiger partial charge in [-0.3, -0.25) is 4.79 Å². The zero-order chi connectivity index (χ0) is 17.5. The number of H-pyrrole nitrogens is 1. The fraction of sp³-hybridized carbons (Fsp3) is 0.471. The molecule has 0 unspecified atom stereocenters. The number of aromatic nitrogens is 1. The second-order valence-corrected chi connectivity index (χ2v) is 8.47. The third kappa shape index (κ3) is 3.62. The van der Waals surface area contributed by atoms with Gasteiger partial charge < -0.3 is 9.88 Å². The minimum atomic E-state index is -3.51. The molecule has 0 radical (unpaired) electrons. The average Bonchev–Trinajstić information content (AvgIpc) is 2.89. The maximum Gasteiger partial charge on any atom is 0.270 e. The zero-order valence-corrected chi connectivity index (χ0v) is 14.8. The lowest BCUT2D eigenvalue weighted by Gasteiger charge is -2.32. The van der Waals surface area contributed by atoms with Crippen LogP contribution in [-0.2, 0) is 10.0 Å². The summed E-state index contributed by atoms with van der Waals surface area (Å²) >= 11 is 0. The third-order valence-corrected chi connectivity index (χ3v) is 5.53. The fourth-order valence-electron chi connectivity index (χ4n) is 3.60. The second kappa shape index (κ2) is 6.22. The van der Waals surface area contributed by atoms with Crippen molar-refractivity contribution in [3.8, 4) is 0 Å².